The number of benzene rings is 2. The molecule has 0 unspecified atom stereocenters. The van der Waals surface area contributed by atoms with Gasteiger partial charge in [-0.2, -0.15) is 0 Å². The van der Waals surface area contributed by atoms with E-state index in [9.17, 15) is 23.3 Å². The summed E-state index contributed by atoms with van der Waals surface area (Å²) in [5, 5.41) is 11.2. The highest BCUT2D eigenvalue weighted by Gasteiger charge is 2.26. The molecule has 0 radical (unpaired) electrons. The summed E-state index contributed by atoms with van der Waals surface area (Å²) in [7, 11) is -3.12. The van der Waals surface area contributed by atoms with Crippen LogP contribution in [0, 0.1) is 10.1 Å². The largest absolute Gasteiger partial charge is 0.362 e. The second-order valence-corrected chi connectivity index (χ2v) is 8.93. The number of sulfone groups is 1. The van der Waals surface area contributed by atoms with Crippen LogP contribution >= 0.6 is 0 Å². The molecule has 1 aliphatic heterocycles. The lowest BCUT2D eigenvalue weighted by atomic mass is 10.1. The average Bonchev–Trinajstić information content (AvgIpc) is 2.67. The Morgan fingerprint density at radius 3 is 2.21 bits per heavy atom. The minimum atomic E-state index is -3.12. The summed E-state index contributed by atoms with van der Waals surface area (Å²) in [5.41, 5.74) is 1.75. The summed E-state index contributed by atoms with van der Waals surface area (Å²) in [6.07, 6.45) is 1.17. The van der Waals surface area contributed by atoms with E-state index in [1.54, 1.807) is 47.4 Å². The summed E-state index contributed by atoms with van der Waals surface area (Å²) < 4.78 is 22.7. The van der Waals surface area contributed by atoms with E-state index in [1.165, 1.54) is 12.3 Å². The Morgan fingerprint density at radius 1 is 1.04 bits per heavy atom. The molecule has 9 heteroatoms. The van der Waals surface area contributed by atoms with Crippen molar-refractivity contribution >= 4 is 27.1 Å². The number of nitrogens with zero attached hydrogens (tertiary/aromatic N) is 3. The minimum Gasteiger partial charge on any atom is -0.362 e. The molecule has 1 heterocycles. The molecule has 3 rings (SSSR count). The van der Waals surface area contributed by atoms with Gasteiger partial charge >= 0.3 is 0 Å². The Hall–Kier alpha value is -2.94. The number of para-hydroxylation sites is 2. The predicted octanol–water partition coefficient (Wildman–Crippen LogP) is 2.10. The van der Waals surface area contributed by atoms with Crippen LogP contribution in [0.25, 0.3) is 0 Å². The van der Waals surface area contributed by atoms with E-state index < -0.39 is 14.8 Å². The molecule has 0 aliphatic carbocycles. The molecular formula is C19H21N3O5S. The molecule has 1 amide bonds. The van der Waals surface area contributed by atoms with E-state index in [1.807, 2.05) is 4.90 Å². The van der Waals surface area contributed by atoms with Crippen LogP contribution in [0.15, 0.2) is 48.5 Å². The maximum Gasteiger partial charge on any atom is 0.292 e. The molecule has 28 heavy (non-hydrogen) atoms. The van der Waals surface area contributed by atoms with Gasteiger partial charge in [-0.15, -0.1) is 0 Å². The van der Waals surface area contributed by atoms with Gasteiger partial charge in [0, 0.05) is 44.1 Å². The van der Waals surface area contributed by atoms with Crippen molar-refractivity contribution in [2.24, 2.45) is 0 Å². The lowest BCUT2D eigenvalue weighted by Gasteiger charge is -2.35. The monoisotopic (exact) mass is 403 g/mol. The third kappa shape index (κ3) is 4.66. The zero-order chi connectivity index (χ0) is 20.3. The number of anilines is 1. The molecule has 1 saturated heterocycles. The van der Waals surface area contributed by atoms with E-state index in [2.05, 4.69) is 0 Å². The first-order valence-electron chi connectivity index (χ1n) is 8.79. The molecule has 2 aromatic carbocycles. The maximum atomic E-state index is 12.7. The van der Waals surface area contributed by atoms with Crippen LogP contribution in [0.4, 0.5) is 11.4 Å². The second-order valence-electron chi connectivity index (χ2n) is 6.79. The normalized spacial score (nSPS) is 14.8. The molecule has 0 saturated carbocycles. The van der Waals surface area contributed by atoms with Crippen molar-refractivity contribution in [1.29, 1.82) is 0 Å². The Labute approximate surface area is 163 Å². The van der Waals surface area contributed by atoms with E-state index in [4.69, 9.17) is 0 Å². The van der Waals surface area contributed by atoms with Crippen LogP contribution in [-0.2, 0) is 15.6 Å². The third-order valence-electron chi connectivity index (χ3n) is 4.62. The van der Waals surface area contributed by atoms with Crippen molar-refractivity contribution in [3.05, 3.63) is 69.8 Å². The van der Waals surface area contributed by atoms with Crippen molar-refractivity contribution in [2.45, 2.75) is 5.75 Å². The average molecular weight is 403 g/mol. The first-order valence-corrected chi connectivity index (χ1v) is 10.8. The quantitative estimate of drug-likeness (QED) is 0.560. The molecule has 0 bridgehead atoms. The van der Waals surface area contributed by atoms with Crippen LogP contribution in [-0.4, -0.2) is 56.6 Å². The minimum absolute atomic E-state index is 0.0590. The van der Waals surface area contributed by atoms with Gasteiger partial charge in [-0.3, -0.25) is 14.9 Å². The van der Waals surface area contributed by atoms with Crippen LogP contribution in [0.1, 0.15) is 15.9 Å². The van der Waals surface area contributed by atoms with Crippen molar-refractivity contribution in [3.8, 4) is 0 Å². The lowest BCUT2D eigenvalue weighted by molar-refractivity contribution is -0.384. The smallest absolute Gasteiger partial charge is 0.292 e. The number of hydrogen-bond donors (Lipinski definition) is 0. The fourth-order valence-corrected chi connectivity index (χ4v) is 4.06. The Balaban J connectivity index is 1.65. The number of hydrogen-bond acceptors (Lipinski definition) is 6. The van der Waals surface area contributed by atoms with Gasteiger partial charge in [0.1, 0.15) is 5.69 Å². The number of rotatable bonds is 5. The zero-order valence-electron chi connectivity index (χ0n) is 15.4. The van der Waals surface area contributed by atoms with Gasteiger partial charge in [0.15, 0.2) is 9.84 Å². The van der Waals surface area contributed by atoms with Gasteiger partial charge in [0.2, 0.25) is 0 Å². The Morgan fingerprint density at radius 2 is 1.64 bits per heavy atom. The van der Waals surface area contributed by atoms with Crippen molar-refractivity contribution in [2.75, 3.05) is 37.3 Å². The number of nitro groups is 1. The van der Waals surface area contributed by atoms with Crippen molar-refractivity contribution in [3.63, 3.8) is 0 Å². The van der Waals surface area contributed by atoms with E-state index >= 15 is 0 Å². The molecule has 1 fully saturated rings. The maximum absolute atomic E-state index is 12.7. The van der Waals surface area contributed by atoms with E-state index in [-0.39, 0.29) is 17.3 Å². The zero-order valence-corrected chi connectivity index (χ0v) is 16.3. The molecule has 2 aromatic rings. The topological polar surface area (TPSA) is 101 Å². The molecule has 0 N–H and O–H groups in total. The summed E-state index contributed by atoms with van der Waals surface area (Å²) in [6, 6.07) is 13.2. The summed E-state index contributed by atoms with van der Waals surface area (Å²) >= 11 is 0. The van der Waals surface area contributed by atoms with Gasteiger partial charge < -0.3 is 9.80 Å². The van der Waals surface area contributed by atoms with Crippen molar-refractivity contribution < 1.29 is 18.1 Å². The first kappa shape index (κ1) is 19.8. The molecule has 0 atom stereocenters. The summed E-state index contributed by atoms with van der Waals surface area (Å²) in [4.78, 5) is 27.1. The van der Waals surface area contributed by atoms with E-state index in [0.717, 1.165) is 0 Å². The number of piperazine rings is 1. The van der Waals surface area contributed by atoms with Gasteiger partial charge in [-0.05, 0) is 23.8 Å². The van der Waals surface area contributed by atoms with Gasteiger partial charge in [0.05, 0.1) is 10.7 Å². The Bertz CT molecular complexity index is 981. The first-order chi connectivity index (χ1) is 13.2. The van der Waals surface area contributed by atoms with Gasteiger partial charge in [-0.1, -0.05) is 24.3 Å². The standard InChI is InChI=1S/C19H21N3O5S/c1-28(26,27)14-15-6-8-16(9-7-15)19(23)21-12-10-20(11-13-21)17-4-2-3-5-18(17)22(24)25/h2-9H,10-14H2,1H3. The van der Waals surface area contributed by atoms with Gasteiger partial charge in [0.25, 0.3) is 11.6 Å². The van der Waals surface area contributed by atoms with Crippen LogP contribution in [0.2, 0.25) is 0 Å². The number of nitro benzene ring substituents is 1. The summed E-state index contributed by atoms with van der Waals surface area (Å²) in [5.74, 6) is -0.191. The van der Waals surface area contributed by atoms with Crippen LogP contribution < -0.4 is 4.90 Å². The predicted molar refractivity (Wildman–Crippen MR) is 106 cm³/mol. The lowest BCUT2D eigenvalue weighted by Crippen LogP contribution is -2.48. The van der Waals surface area contributed by atoms with E-state index in [0.29, 0.717) is 43.0 Å². The fraction of sp³-hybridized carbons (Fsp3) is 0.316. The summed E-state index contributed by atoms with van der Waals surface area (Å²) in [6.45, 7) is 1.91. The van der Waals surface area contributed by atoms with Crippen LogP contribution in [0.5, 0.6) is 0 Å². The highest BCUT2D eigenvalue weighted by molar-refractivity contribution is 7.89. The molecule has 148 valence electrons. The highest BCUT2D eigenvalue weighted by atomic mass is 32.2. The Kier molecular flexibility index (Phi) is 5.64. The molecule has 1 aliphatic rings. The molecule has 8 nitrogen and oxygen atoms in total. The highest BCUT2D eigenvalue weighted by Crippen LogP contribution is 2.28. The molecule has 0 aromatic heterocycles. The van der Waals surface area contributed by atoms with Gasteiger partial charge in [-0.25, -0.2) is 8.42 Å². The van der Waals surface area contributed by atoms with Crippen molar-refractivity contribution in [1.82, 2.24) is 4.90 Å². The fourth-order valence-electron chi connectivity index (χ4n) is 3.27. The number of carbonyl (C=O) groups excluding carboxylic acids is 1. The van der Waals surface area contributed by atoms with Crippen LogP contribution in [0.3, 0.4) is 0 Å². The second kappa shape index (κ2) is 7.97. The SMILES string of the molecule is CS(=O)(=O)Cc1ccc(C(=O)N2CCN(c3ccccc3[N+](=O)[O-])CC2)cc1. The molecular weight excluding hydrogens is 382 g/mol. The number of carbonyl (C=O) groups is 1. The third-order valence-corrected chi connectivity index (χ3v) is 5.47. The molecule has 0 spiro atoms. The number of amides is 1.